The zero-order chi connectivity index (χ0) is 43.1. The van der Waals surface area contributed by atoms with Gasteiger partial charge in [-0.05, 0) is 77.0 Å². The molecule has 1 amide bonds. The normalized spacial score (nSPS) is 13.9. The molecule has 3 atom stereocenters. The molecule has 6 nitrogen and oxygen atoms in total. The zero-order valence-electron chi connectivity index (χ0n) is 38.6. The number of amides is 1. The van der Waals surface area contributed by atoms with Crippen LogP contribution in [0.3, 0.4) is 0 Å². The van der Waals surface area contributed by atoms with Crippen molar-refractivity contribution in [3.05, 3.63) is 72.9 Å². The Kier molecular flexibility index (Phi) is 44.2. The van der Waals surface area contributed by atoms with Crippen LogP contribution < -0.4 is 5.32 Å². The molecule has 3 unspecified atom stereocenters. The van der Waals surface area contributed by atoms with Gasteiger partial charge >= 0.3 is 5.97 Å². The molecule has 0 radical (unpaired) electrons. The van der Waals surface area contributed by atoms with Crippen LogP contribution in [0.25, 0.3) is 0 Å². The third-order valence-corrected chi connectivity index (χ3v) is 10.9. The first-order valence-corrected chi connectivity index (χ1v) is 24.7. The Labute approximate surface area is 364 Å². The maximum absolute atomic E-state index is 13.2. The van der Waals surface area contributed by atoms with Crippen molar-refractivity contribution in [2.75, 3.05) is 6.61 Å². The molecule has 0 spiro atoms. The Morgan fingerprint density at radius 1 is 0.492 bits per heavy atom. The summed E-state index contributed by atoms with van der Waals surface area (Å²) in [6, 6.07) is -0.718. The van der Waals surface area contributed by atoms with Crippen LogP contribution in [0, 0.1) is 0 Å². The maximum atomic E-state index is 13.2. The van der Waals surface area contributed by atoms with Crippen molar-refractivity contribution < 1.29 is 24.5 Å². The van der Waals surface area contributed by atoms with Crippen molar-refractivity contribution in [3.63, 3.8) is 0 Å². The second-order valence-corrected chi connectivity index (χ2v) is 16.6. The van der Waals surface area contributed by atoms with Crippen LogP contribution in [0.2, 0.25) is 0 Å². The standard InChI is InChI=1S/C53H93NO5/c1-4-7-10-13-16-19-21-23-25-27-28-30-33-35-38-41-44-49(47-52(57)54-50(48-55)51(56)45-42-39-36-32-18-15-12-9-6-3)59-53(58)46-43-40-37-34-31-29-26-24-22-20-17-14-11-8-5-2/h16-17,19-25,27-28,30,49-51,55-56H,4-15,18,26,29,31-48H2,1-3H3,(H,54,57)/b19-16+,20-17+,23-21+,24-22+,27-25+,30-28+. The molecule has 340 valence electrons. The van der Waals surface area contributed by atoms with E-state index < -0.39 is 18.2 Å². The molecule has 0 rings (SSSR count). The molecular weight excluding hydrogens is 731 g/mol. The lowest BCUT2D eigenvalue weighted by molar-refractivity contribution is -0.151. The molecule has 0 heterocycles. The van der Waals surface area contributed by atoms with Crippen LogP contribution in [0.5, 0.6) is 0 Å². The number of ether oxygens (including phenoxy) is 1. The predicted octanol–water partition coefficient (Wildman–Crippen LogP) is 14.6. The third kappa shape index (κ3) is 41.8. The molecule has 0 aromatic heterocycles. The number of esters is 1. The number of carbonyl (C=O) groups excluding carboxylic acids is 2. The highest BCUT2D eigenvalue weighted by Crippen LogP contribution is 2.17. The quantitative estimate of drug-likeness (QED) is 0.0323. The van der Waals surface area contributed by atoms with Crippen molar-refractivity contribution in [2.24, 2.45) is 0 Å². The molecule has 0 aliphatic carbocycles. The number of hydrogen-bond acceptors (Lipinski definition) is 5. The van der Waals surface area contributed by atoms with E-state index in [9.17, 15) is 19.8 Å². The molecule has 6 heteroatoms. The second-order valence-electron chi connectivity index (χ2n) is 16.6. The van der Waals surface area contributed by atoms with E-state index in [1.807, 2.05) is 6.08 Å². The minimum Gasteiger partial charge on any atom is -0.462 e. The fourth-order valence-electron chi connectivity index (χ4n) is 7.08. The Hall–Kier alpha value is -2.70. The number of nitrogens with one attached hydrogen (secondary N) is 1. The Bertz CT molecular complexity index is 1110. The lowest BCUT2D eigenvalue weighted by atomic mass is 10.0. The van der Waals surface area contributed by atoms with Gasteiger partial charge in [0.05, 0.1) is 25.2 Å². The second kappa shape index (κ2) is 46.4. The van der Waals surface area contributed by atoms with E-state index in [0.717, 1.165) is 77.0 Å². The molecule has 0 aromatic rings. The smallest absolute Gasteiger partial charge is 0.306 e. The number of hydrogen-bond donors (Lipinski definition) is 3. The van der Waals surface area contributed by atoms with Gasteiger partial charge in [-0.15, -0.1) is 0 Å². The monoisotopic (exact) mass is 824 g/mol. The molecule has 0 saturated carbocycles. The Balaban J connectivity index is 4.72. The minimum atomic E-state index is -0.802. The molecule has 0 bridgehead atoms. The van der Waals surface area contributed by atoms with Crippen molar-refractivity contribution in [2.45, 2.75) is 244 Å². The molecule has 0 aliphatic heterocycles. The van der Waals surface area contributed by atoms with E-state index >= 15 is 0 Å². The van der Waals surface area contributed by atoms with Gasteiger partial charge in [-0.25, -0.2) is 0 Å². The Morgan fingerprint density at radius 3 is 1.37 bits per heavy atom. The van der Waals surface area contributed by atoms with Gasteiger partial charge in [0.15, 0.2) is 0 Å². The maximum Gasteiger partial charge on any atom is 0.306 e. The topological polar surface area (TPSA) is 95.9 Å². The van der Waals surface area contributed by atoms with Crippen LogP contribution in [-0.4, -0.2) is 46.9 Å². The lowest BCUT2D eigenvalue weighted by Crippen LogP contribution is -2.46. The first kappa shape index (κ1) is 56.3. The summed E-state index contributed by atoms with van der Waals surface area (Å²) in [5.41, 5.74) is 0. The highest BCUT2D eigenvalue weighted by molar-refractivity contribution is 5.77. The number of unbranched alkanes of at least 4 members (excludes halogenated alkanes) is 23. The van der Waals surface area contributed by atoms with Gasteiger partial charge in [0.1, 0.15) is 6.10 Å². The van der Waals surface area contributed by atoms with Crippen LogP contribution >= 0.6 is 0 Å². The average Bonchev–Trinajstić information content (AvgIpc) is 3.23. The van der Waals surface area contributed by atoms with Crippen LogP contribution in [0.15, 0.2) is 72.9 Å². The molecule has 3 N–H and O–H groups in total. The SMILES string of the molecule is CCCCC/C=C/C=C/C=C/C=C/CCCCCC(CC(=O)NC(CO)C(O)CCCCCCCCCCC)OC(=O)CCCCCCCC/C=C/C=C/CCCCC. The molecule has 0 fully saturated rings. The number of carbonyl (C=O) groups is 2. The van der Waals surface area contributed by atoms with Crippen LogP contribution in [0.1, 0.15) is 226 Å². The number of rotatable bonds is 43. The first-order valence-electron chi connectivity index (χ1n) is 24.7. The fourth-order valence-corrected chi connectivity index (χ4v) is 7.08. The average molecular weight is 824 g/mol. The first-order chi connectivity index (χ1) is 29.0. The van der Waals surface area contributed by atoms with Gasteiger partial charge in [0.2, 0.25) is 5.91 Å². The zero-order valence-corrected chi connectivity index (χ0v) is 38.6. The lowest BCUT2D eigenvalue weighted by Gasteiger charge is -2.24. The molecule has 0 saturated heterocycles. The van der Waals surface area contributed by atoms with Crippen molar-refractivity contribution in [1.29, 1.82) is 0 Å². The number of allylic oxidation sites excluding steroid dienone is 12. The van der Waals surface area contributed by atoms with E-state index in [1.54, 1.807) is 0 Å². The summed E-state index contributed by atoms with van der Waals surface area (Å²) < 4.78 is 5.90. The summed E-state index contributed by atoms with van der Waals surface area (Å²) in [6.07, 6.45) is 58.1. The van der Waals surface area contributed by atoms with Gasteiger partial charge in [0.25, 0.3) is 0 Å². The highest BCUT2D eigenvalue weighted by atomic mass is 16.5. The van der Waals surface area contributed by atoms with E-state index in [4.69, 9.17) is 4.74 Å². The summed E-state index contributed by atoms with van der Waals surface area (Å²) in [5, 5.41) is 23.6. The van der Waals surface area contributed by atoms with E-state index in [2.05, 4.69) is 92.9 Å². The van der Waals surface area contributed by atoms with Crippen molar-refractivity contribution in [3.8, 4) is 0 Å². The Morgan fingerprint density at radius 2 is 0.864 bits per heavy atom. The summed E-state index contributed by atoms with van der Waals surface area (Å²) in [6.45, 7) is 6.37. The van der Waals surface area contributed by atoms with E-state index in [-0.39, 0.29) is 24.9 Å². The largest absolute Gasteiger partial charge is 0.462 e. The third-order valence-electron chi connectivity index (χ3n) is 10.9. The fraction of sp³-hybridized carbons (Fsp3) is 0.736. The molecule has 0 aromatic carbocycles. The van der Waals surface area contributed by atoms with E-state index in [0.29, 0.717) is 19.3 Å². The van der Waals surface area contributed by atoms with Crippen LogP contribution in [0.4, 0.5) is 0 Å². The number of aliphatic hydroxyl groups excluding tert-OH is 2. The summed E-state index contributed by atoms with van der Waals surface area (Å²) in [7, 11) is 0. The van der Waals surface area contributed by atoms with Gasteiger partial charge < -0.3 is 20.3 Å². The summed E-state index contributed by atoms with van der Waals surface area (Å²) >= 11 is 0. The summed E-state index contributed by atoms with van der Waals surface area (Å²) in [5.74, 6) is -0.530. The predicted molar refractivity (Wildman–Crippen MR) is 255 cm³/mol. The van der Waals surface area contributed by atoms with Gasteiger partial charge in [-0.3, -0.25) is 9.59 Å². The van der Waals surface area contributed by atoms with Crippen LogP contribution in [-0.2, 0) is 14.3 Å². The molecule has 59 heavy (non-hydrogen) atoms. The van der Waals surface area contributed by atoms with Crippen molar-refractivity contribution in [1.82, 2.24) is 5.32 Å². The van der Waals surface area contributed by atoms with Gasteiger partial charge in [-0.2, -0.15) is 0 Å². The van der Waals surface area contributed by atoms with Gasteiger partial charge in [0, 0.05) is 6.42 Å². The molecule has 0 aliphatic rings. The summed E-state index contributed by atoms with van der Waals surface area (Å²) in [4.78, 5) is 26.1. The van der Waals surface area contributed by atoms with Crippen molar-refractivity contribution >= 4 is 11.9 Å². The highest BCUT2D eigenvalue weighted by Gasteiger charge is 2.24. The minimum absolute atomic E-state index is 0.0439. The van der Waals surface area contributed by atoms with E-state index in [1.165, 1.54) is 103 Å². The number of aliphatic hydroxyl groups is 2. The van der Waals surface area contributed by atoms with Gasteiger partial charge in [-0.1, -0.05) is 209 Å². The molecular formula is C53H93NO5.